The van der Waals surface area contributed by atoms with Crippen molar-refractivity contribution in [2.45, 2.75) is 297 Å². The van der Waals surface area contributed by atoms with Crippen molar-refractivity contribution in [3.63, 3.8) is 0 Å². The molecule has 0 amide bonds. The summed E-state index contributed by atoms with van der Waals surface area (Å²) in [6.45, 7) is 6.48. The van der Waals surface area contributed by atoms with E-state index in [1.165, 1.54) is 154 Å². The molecule has 0 spiro atoms. The Balaban J connectivity index is 4.40. The van der Waals surface area contributed by atoms with Crippen molar-refractivity contribution < 1.29 is 28.6 Å². The zero-order valence-electron chi connectivity index (χ0n) is 46.7. The molecule has 0 N–H and O–H groups in total. The van der Waals surface area contributed by atoms with Crippen LogP contribution >= 0.6 is 0 Å². The van der Waals surface area contributed by atoms with E-state index in [1.807, 2.05) is 0 Å². The van der Waals surface area contributed by atoms with Crippen molar-refractivity contribution in [1.82, 2.24) is 0 Å². The molecule has 0 aromatic carbocycles. The van der Waals surface area contributed by atoms with Crippen LogP contribution in [0.3, 0.4) is 0 Å². The number of carbonyl (C=O) groups is 3. The van der Waals surface area contributed by atoms with Gasteiger partial charge in [-0.3, -0.25) is 14.4 Å². The van der Waals surface area contributed by atoms with E-state index in [2.05, 4.69) is 106 Å². The molecule has 0 rings (SSSR count). The largest absolute Gasteiger partial charge is 0.462 e. The third kappa shape index (κ3) is 57.4. The smallest absolute Gasteiger partial charge is 0.306 e. The number of allylic oxidation sites excluding steroid dienone is 14. The lowest BCUT2D eigenvalue weighted by Crippen LogP contribution is -2.30. The summed E-state index contributed by atoms with van der Waals surface area (Å²) in [5, 5.41) is 0. The highest BCUT2D eigenvalue weighted by atomic mass is 16.6. The minimum atomic E-state index is -0.803. The SMILES string of the molecule is CC/C=C\C/C=C\C/C=C\C/C=C\CCCCC(=O)O[C@H](COC(=O)CCCCCCCCC/C=C\C/C=C\CCCCC)COC(=O)CCCCCCCCCCCCC/C=C\CCCCCCCC. The third-order valence-electron chi connectivity index (χ3n) is 12.9. The molecule has 0 heterocycles. The first-order valence-electron chi connectivity index (χ1n) is 30.1. The second-order valence-electron chi connectivity index (χ2n) is 19.9. The maximum absolute atomic E-state index is 12.8. The monoisotopic (exact) mass is 989 g/mol. The van der Waals surface area contributed by atoms with Gasteiger partial charge in [0.2, 0.25) is 0 Å². The minimum absolute atomic E-state index is 0.0955. The first-order chi connectivity index (χ1) is 35.0. The van der Waals surface area contributed by atoms with Crippen molar-refractivity contribution in [3.05, 3.63) is 85.1 Å². The Morgan fingerprint density at radius 2 is 0.549 bits per heavy atom. The Bertz CT molecular complexity index is 1370. The molecule has 6 heteroatoms. The molecule has 0 aromatic heterocycles. The molecule has 0 fully saturated rings. The molecule has 71 heavy (non-hydrogen) atoms. The summed E-state index contributed by atoms with van der Waals surface area (Å²) in [6.07, 6.45) is 77.2. The number of hydrogen-bond donors (Lipinski definition) is 0. The van der Waals surface area contributed by atoms with Crippen LogP contribution < -0.4 is 0 Å². The van der Waals surface area contributed by atoms with Crippen LogP contribution in [-0.4, -0.2) is 37.2 Å². The molecule has 0 unspecified atom stereocenters. The van der Waals surface area contributed by atoms with Gasteiger partial charge in [-0.25, -0.2) is 0 Å². The van der Waals surface area contributed by atoms with Crippen molar-refractivity contribution in [1.29, 1.82) is 0 Å². The van der Waals surface area contributed by atoms with Crippen molar-refractivity contribution in [2.24, 2.45) is 0 Å². The topological polar surface area (TPSA) is 78.9 Å². The summed E-state index contributed by atoms with van der Waals surface area (Å²) >= 11 is 0. The van der Waals surface area contributed by atoms with Gasteiger partial charge in [0.05, 0.1) is 0 Å². The van der Waals surface area contributed by atoms with E-state index in [4.69, 9.17) is 14.2 Å². The van der Waals surface area contributed by atoms with Crippen LogP contribution in [0.15, 0.2) is 85.1 Å². The van der Waals surface area contributed by atoms with Crippen LogP contribution in [-0.2, 0) is 28.6 Å². The molecule has 0 aliphatic carbocycles. The molecule has 6 nitrogen and oxygen atoms in total. The lowest BCUT2D eigenvalue weighted by molar-refractivity contribution is -0.167. The van der Waals surface area contributed by atoms with Gasteiger partial charge < -0.3 is 14.2 Å². The number of esters is 3. The molecule has 0 aliphatic heterocycles. The molecule has 0 bridgehead atoms. The first kappa shape index (κ1) is 67.6. The van der Waals surface area contributed by atoms with Crippen molar-refractivity contribution in [2.75, 3.05) is 13.2 Å². The fourth-order valence-corrected chi connectivity index (χ4v) is 8.34. The highest BCUT2D eigenvalue weighted by molar-refractivity contribution is 5.71. The molecule has 0 saturated carbocycles. The molecule has 0 aromatic rings. The summed E-state index contributed by atoms with van der Waals surface area (Å²) in [5.74, 6) is -0.938. The van der Waals surface area contributed by atoms with Crippen LogP contribution in [0.2, 0.25) is 0 Å². The summed E-state index contributed by atoms with van der Waals surface area (Å²) in [5.41, 5.74) is 0. The highest BCUT2D eigenvalue weighted by Crippen LogP contribution is 2.15. The van der Waals surface area contributed by atoms with E-state index in [0.717, 1.165) is 89.9 Å². The maximum atomic E-state index is 12.8. The molecule has 408 valence electrons. The fourth-order valence-electron chi connectivity index (χ4n) is 8.34. The molecule has 0 aliphatic rings. The van der Waals surface area contributed by atoms with Crippen LogP contribution in [0.4, 0.5) is 0 Å². The molecular formula is C65H112O6. The summed E-state index contributed by atoms with van der Waals surface area (Å²) in [6, 6.07) is 0. The number of unbranched alkanes of at least 4 members (excludes halogenated alkanes) is 29. The summed E-state index contributed by atoms with van der Waals surface area (Å²) in [7, 11) is 0. The van der Waals surface area contributed by atoms with Crippen LogP contribution in [0, 0.1) is 0 Å². The number of rotatable bonds is 54. The molecule has 0 saturated heterocycles. The van der Waals surface area contributed by atoms with Gasteiger partial charge in [-0.2, -0.15) is 0 Å². The van der Waals surface area contributed by atoms with Crippen LogP contribution in [0.25, 0.3) is 0 Å². The quantitative estimate of drug-likeness (QED) is 0.0261. The van der Waals surface area contributed by atoms with E-state index in [1.54, 1.807) is 0 Å². The van der Waals surface area contributed by atoms with Crippen LogP contribution in [0.5, 0.6) is 0 Å². The Morgan fingerprint density at radius 1 is 0.296 bits per heavy atom. The average Bonchev–Trinajstić information content (AvgIpc) is 3.37. The van der Waals surface area contributed by atoms with Crippen molar-refractivity contribution >= 4 is 17.9 Å². The zero-order valence-corrected chi connectivity index (χ0v) is 46.7. The van der Waals surface area contributed by atoms with E-state index in [0.29, 0.717) is 19.3 Å². The van der Waals surface area contributed by atoms with E-state index in [-0.39, 0.29) is 37.5 Å². The average molecular weight is 990 g/mol. The van der Waals surface area contributed by atoms with Gasteiger partial charge in [0, 0.05) is 19.3 Å². The van der Waals surface area contributed by atoms with Gasteiger partial charge >= 0.3 is 17.9 Å². The predicted octanol–water partition coefficient (Wildman–Crippen LogP) is 20.3. The standard InChI is InChI=1S/C65H112O6/c1-4-7-10-13-16-19-22-25-28-30-31-32-33-35-38-40-43-46-49-52-55-58-64(67)70-61-62(71-65(68)59-56-53-50-47-44-41-36-27-24-21-18-15-12-9-6-3)60-69-63(66)57-54-51-48-45-42-39-37-34-29-26-23-20-17-14-11-8-5-2/h9,12,17-18,20-21,25-29,36,44,47,62H,4-8,10-11,13-16,19,22-24,30-35,37-43,45-46,48-61H2,1-3H3/b12-9-,20-17-,21-18-,28-25-,29-26-,36-27-,47-44-/t62-/m1/s1. The van der Waals surface area contributed by atoms with Gasteiger partial charge in [0.25, 0.3) is 0 Å². The van der Waals surface area contributed by atoms with Gasteiger partial charge in [0.15, 0.2) is 6.10 Å². The van der Waals surface area contributed by atoms with Gasteiger partial charge in [-0.15, -0.1) is 0 Å². The van der Waals surface area contributed by atoms with Gasteiger partial charge in [-0.1, -0.05) is 241 Å². The molecular weight excluding hydrogens is 877 g/mol. The third-order valence-corrected chi connectivity index (χ3v) is 12.9. The first-order valence-corrected chi connectivity index (χ1v) is 30.1. The van der Waals surface area contributed by atoms with Gasteiger partial charge in [-0.05, 0) is 116 Å². The fraction of sp³-hybridized carbons (Fsp3) is 0.738. The summed E-state index contributed by atoms with van der Waals surface area (Å²) < 4.78 is 16.9. The second kappa shape index (κ2) is 59.2. The van der Waals surface area contributed by atoms with Crippen molar-refractivity contribution in [3.8, 4) is 0 Å². The van der Waals surface area contributed by atoms with E-state index < -0.39 is 6.10 Å². The summed E-state index contributed by atoms with van der Waals surface area (Å²) in [4.78, 5) is 38.2. The second-order valence-corrected chi connectivity index (χ2v) is 19.9. The Labute approximate surface area is 439 Å². The molecule has 1 atom stereocenters. The number of hydrogen-bond acceptors (Lipinski definition) is 6. The lowest BCUT2D eigenvalue weighted by atomic mass is 10.0. The van der Waals surface area contributed by atoms with E-state index in [9.17, 15) is 14.4 Å². The van der Waals surface area contributed by atoms with E-state index >= 15 is 0 Å². The number of carbonyl (C=O) groups excluding carboxylic acids is 3. The van der Waals surface area contributed by atoms with Gasteiger partial charge in [0.1, 0.15) is 13.2 Å². The minimum Gasteiger partial charge on any atom is -0.462 e. The molecule has 0 radical (unpaired) electrons. The lowest BCUT2D eigenvalue weighted by Gasteiger charge is -2.18. The highest BCUT2D eigenvalue weighted by Gasteiger charge is 2.19. The number of ether oxygens (including phenoxy) is 3. The Hall–Kier alpha value is -3.41. The zero-order chi connectivity index (χ0) is 51.4. The Morgan fingerprint density at radius 3 is 0.930 bits per heavy atom. The predicted molar refractivity (Wildman–Crippen MR) is 307 cm³/mol. The van der Waals surface area contributed by atoms with Crippen LogP contribution in [0.1, 0.15) is 290 Å². The maximum Gasteiger partial charge on any atom is 0.306 e. The Kier molecular flexibility index (Phi) is 56.3. The normalized spacial score (nSPS) is 12.7.